The fourth-order valence-corrected chi connectivity index (χ4v) is 3.85. The third kappa shape index (κ3) is 5.32. The molecule has 4 nitrogen and oxygen atoms in total. The molecule has 1 amide bonds. The van der Waals surface area contributed by atoms with Gasteiger partial charge in [-0.25, -0.2) is 5.43 Å². The average Bonchev–Trinajstić information content (AvgIpc) is 2.78. The van der Waals surface area contributed by atoms with Gasteiger partial charge in [-0.05, 0) is 74.2 Å². The molecule has 1 N–H and O–H groups in total. The second-order valence-corrected chi connectivity index (χ2v) is 8.12. The lowest BCUT2D eigenvalue weighted by molar-refractivity contribution is 0.0955. The summed E-state index contributed by atoms with van der Waals surface area (Å²) >= 11 is 9.46. The number of carbonyl (C=O) groups is 1. The van der Waals surface area contributed by atoms with Crippen LogP contribution in [0.5, 0.6) is 5.75 Å². The van der Waals surface area contributed by atoms with Crippen molar-refractivity contribution in [2.45, 2.75) is 6.61 Å². The van der Waals surface area contributed by atoms with E-state index in [1.54, 1.807) is 30.5 Å². The molecule has 6 heteroatoms. The first-order valence-corrected chi connectivity index (χ1v) is 10.8. The summed E-state index contributed by atoms with van der Waals surface area (Å²) in [4.78, 5) is 12.1. The van der Waals surface area contributed by atoms with E-state index >= 15 is 0 Å². The number of ether oxygens (including phenoxy) is 1. The Morgan fingerprint density at radius 1 is 1.00 bits per heavy atom. The zero-order chi connectivity index (χ0) is 21.6. The molecular weight excluding hydrogens is 476 g/mol. The smallest absolute Gasteiger partial charge is 0.271 e. The molecule has 0 bridgehead atoms. The molecule has 0 saturated heterocycles. The number of halogens is 2. The van der Waals surface area contributed by atoms with Gasteiger partial charge < -0.3 is 4.74 Å². The standard InChI is InChI=1S/C25H18BrClN2O2/c26-23-13-17(15-28-29-25(30)19-7-4-9-21(27)14-19)11-12-24(23)31-16-20-8-3-6-18-5-1-2-10-22(18)20/h1-15H,16H2,(H,29,30)/b28-15-. The van der Waals surface area contributed by atoms with Crippen LogP contribution >= 0.6 is 27.5 Å². The van der Waals surface area contributed by atoms with E-state index in [9.17, 15) is 4.79 Å². The first-order chi connectivity index (χ1) is 15.1. The normalized spacial score (nSPS) is 11.0. The van der Waals surface area contributed by atoms with Gasteiger partial charge in [0.05, 0.1) is 10.7 Å². The zero-order valence-corrected chi connectivity index (χ0v) is 18.7. The van der Waals surface area contributed by atoms with Gasteiger partial charge in [-0.15, -0.1) is 0 Å². The monoisotopic (exact) mass is 492 g/mol. The Hall–Kier alpha value is -3.15. The largest absolute Gasteiger partial charge is 0.488 e. The van der Waals surface area contributed by atoms with Gasteiger partial charge in [0.2, 0.25) is 0 Å². The van der Waals surface area contributed by atoms with Crippen molar-refractivity contribution >= 4 is 50.4 Å². The number of carbonyl (C=O) groups excluding carboxylic acids is 1. The van der Waals surface area contributed by atoms with E-state index in [2.05, 4.69) is 50.7 Å². The highest BCUT2D eigenvalue weighted by atomic mass is 79.9. The summed E-state index contributed by atoms with van der Waals surface area (Å²) in [5, 5.41) is 6.89. The van der Waals surface area contributed by atoms with Crippen molar-refractivity contribution in [2.24, 2.45) is 5.10 Å². The fourth-order valence-electron chi connectivity index (χ4n) is 3.15. The van der Waals surface area contributed by atoms with Crippen LogP contribution in [0.15, 0.2) is 94.5 Å². The Labute approximate surface area is 193 Å². The molecule has 4 aromatic carbocycles. The van der Waals surface area contributed by atoms with Crippen molar-refractivity contribution in [1.82, 2.24) is 5.43 Å². The molecule has 0 saturated carbocycles. The quantitative estimate of drug-likeness (QED) is 0.243. The van der Waals surface area contributed by atoms with E-state index in [-0.39, 0.29) is 5.91 Å². The predicted octanol–water partition coefficient (Wildman–Crippen LogP) is 6.60. The van der Waals surface area contributed by atoms with Crippen LogP contribution in [-0.4, -0.2) is 12.1 Å². The molecule has 0 aliphatic heterocycles. The van der Waals surface area contributed by atoms with E-state index in [0.29, 0.717) is 17.2 Å². The molecule has 4 rings (SSSR count). The molecule has 154 valence electrons. The Kier molecular flexibility index (Phi) is 6.65. The SMILES string of the molecule is O=C(N/N=C\c1ccc(OCc2cccc3ccccc23)c(Br)c1)c1cccc(Cl)c1. The van der Waals surface area contributed by atoms with E-state index in [4.69, 9.17) is 16.3 Å². The van der Waals surface area contributed by atoms with Crippen molar-refractivity contribution in [3.63, 3.8) is 0 Å². The lowest BCUT2D eigenvalue weighted by atomic mass is 10.1. The summed E-state index contributed by atoms with van der Waals surface area (Å²) in [5.74, 6) is 0.404. The summed E-state index contributed by atoms with van der Waals surface area (Å²) in [6.45, 7) is 0.461. The second-order valence-electron chi connectivity index (χ2n) is 6.83. The van der Waals surface area contributed by atoms with Gasteiger partial charge in [-0.2, -0.15) is 5.10 Å². The van der Waals surface area contributed by atoms with Crippen LogP contribution in [0.25, 0.3) is 10.8 Å². The minimum absolute atomic E-state index is 0.326. The molecule has 31 heavy (non-hydrogen) atoms. The Bertz CT molecular complexity index is 1270. The maximum absolute atomic E-state index is 12.1. The van der Waals surface area contributed by atoms with Crippen molar-refractivity contribution in [3.8, 4) is 5.75 Å². The lowest BCUT2D eigenvalue weighted by Gasteiger charge is -2.11. The van der Waals surface area contributed by atoms with Gasteiger partial charge in [0.15, 0.2) is 0 Å². The molecule has 0 atom stereocenters. The molecule has 0 unspecified atom stereocenters. The molecule has 0 spiro atoms. The van der Waals surface area contributed by atoms with Crippen LogP contribution in [0.4, 0.5) is 0 Å². The van der Waals surface area contributed by atoms with E-state index in [1.807, 2.05) is 36.4 Å². The highest BCUT2D eigenvalue weighted by Crippen LogP contribution is 2.27. The average molecular weight is 494 g/mol. The summed E-state index contributed by atoms with van der Waals surface area (Å²) < 4.78 is 6.83. The molecule has 0 aliphatic rings. The molecule has 0 aliphatic carbocycles. The number of hydrazone groups is 1. The molecule has 0 aromatic heterocycles. The Morgan fingerprint density at radius 3 is 2.65 bits per heavy atom. The number of nitrogens with one attached hydrogen (secondary N) is 1. The van der Waals surface area contributed by atoms with Gasteiger partial charge in [-0.3, -0.25) is 4.79 Å². The number of amides is 1. The first kappa shape index (κ1) is 21.1. The van der Waals surface area contributed by atoms with Crippen molar-refractivity contribution < 1.29 is 9.53 Å². The van der Waals surface area contributed by atoms with E-state index < -0.39 is 0 Å². The number of hydrogen-bond acceptors (Lipinski definition) is 3. The van der Waals surface area contributed by atoms with Crippen LogP contribution in [0.2, 0.25) is 5.02 Å². The third-order valence-corrected chi connectivity index (χ3v) is 5.54. The summed E-state index contributed by atoms with van der Waals surface area (Å²) in [5.41, 5.74) is 4.88. The molecule has 0 fully saturated rings. The van der Waals surface area contributed by atoms with Gasteiger partial charge in [0, 0.05) is 10.6 Å². The van der Waals surface area contributed by atoms with E-state index in [0.717, 1.165) is 21.3 Å². The summed E-state index contributed by atoms with van der Waals surface area (Å²) in [7, 11) is 0. The number of benzene rings is 4. The van der Waals surface area contributed by atoms with Crippen LogP contribution in [0.3, 0.4) is 0 Å². The van der Waals surface area contributed by atoms with Crippen molar-refractivity contribution in [3.05, 3.63) is 111 Å². The number of fused-ring (bicyclic) bond motifs is 1. The highest BCUT2D eigenvalue weighted by molar-refractivity contribution is 9.10. The first-order valence-electron chi connectivity index (χ1n) is 9.58. The highest BCUT2D eigenvalue weighted by Gasteiger charge is 2.06. The minimum atomic E-state index is -0.326. The minimum Gasteiger partial charge on any atom is -0.488 e. The Balaban J connectivity index is 1.40. The summed E-state index contributed by atoms with van der Waals surface area (Å²) in [6, 6.07) is 26.8. The molecule has 0 radical (unpaired) electrons. The maximum atomic E-state index is 12.1. The molecule has 4 aromatic rings. The van der Waals surface area contributed by atoms with Crippen molar-refractivity contribution in [1.29, 1.82) is 0 Å². The van der Waals surface area contributed by atoms with Crippen molar-refractivity contribution in [2.75, 3.05) is 0 Å². The third-order valence-electron chi connectivity index (χ3n) is 4.69. The van der Waals surface area contributed by atoms with E-state index in [1.165, 1.54) is 10.8 Å². The van der Waals surface area contributed by atoms with Crippen LogP contribution in [0, 0.1) is 0 Å². The van der Waals surface area contributed by atoms with Gasteiger partial charge in [0.1, 0.15) is 12.4 Å². The van der Waals surface area contributed by atoms with Gasteiger partial charge in [-0.1, -0.05) is 60.1 Å². The predicted molar refractivity (Wildman–Crippen MR) is 129 cm³/mol. The van der Waals surface area contributed by atoms with Crippen LogP contribution < -0.4 is 10.2 Å². The van der Waals surface area contributed by atoms with Crippen LogP contribution in [-0.2, 0) is 6.61 Å². The summed E-state index contributed by atoms with van der Waals surface area (Å²) in [6.07, 6.45) is 1.57. The second kappa shape index (κ2) is 9.77. The fraction of sp³-hybridized carbons (Fsp3) is 0.0400. The van der Waals surface area contributed by atoms with Gasteiger partial charge in [0.25, 0.3) is 5.91 Å². The maximum Gasteiger partial charge on any atom is 0.271 e. The van der Waals surface area contributed by atoms with Gasteiger partial charge >= 0.3 is 0 Å². The number of nitrogens with zero attached hydrogens (tertiary/aromatic N) is 1. The Morgan fingerprint density at radius 2 is 1.81 bits per heavy atom. The van der Waals surface area contributed by atoms with Crippen LogP contribution in [0.1, 0.15) is 21.5 Å². The lowest BCUT2D eigenvalue weighted by Crippen LogP contribution is -2.17. The zero-order valence-electron chi connectivity index (χ0n) is 16.4. The molecule has 0 heterocycles. The topological polar surface area (TPSA) is 50.7 Å². The number of hydrogen-bond donors (Lipinski definition) is 1. The number of rotatable bonds is 6. The molecular formula is C25H18BrClN2O2.